The number of rotatable bonds is 3. The van der Waals surface area contributed by atoms with Gasteiger partial charge in [-0.3, -0.25) is 4.79 Å². The van der Waals surface area contributed by atoms with Crippen molar-refractivity contribution in [1.82, 2.24) is 9.62 Å². The van der Waals surface area contributed by atoms with Crippen LogP contribution in [0.2, 0.25) is 5.02 Å². The van der Waals surface area contributed by atoms with Crippen molar-refractivity contribution in [2.45, 2.75) is 32.4 Å². The number of halogens is 1. The first-order chi connectivity index (χ1) is 9.83. The highest BCUT2D eigenvalue weighted by Crippen LogP contribution is 2.21. The molecule has 1 aromatic rings. The van der Waals surface area contributed by atoms with Crippen LogP contribution in [0.4, 0.5) is 0 Å². The van der Waals surface area contributed by atoms with E-state index in [1.807, 2.05) is 19.1 Å². The van der Waals surface area contributed by atoms with Crippen LogP contribution in [0, 0.1) is 6.92 Å². The Balaban J connectivity index is 2.05. The van der Waals surface area contributed by atoms with E-state index in [0.717, 1.165) is 11.1 Å². The zero-order chi connectivity index (χ0) is 15.6. The van der Waals surface area contributed by atoms with E-state index in [4.69, 9.17) is 11.6 Å². The second kappa shape index (κ2) is 6.34. The number of aryl methyl sites for hydroxylation is 1. The Labute approximate surface area is 130 Å². The average molecular weight is 331 g/mol. The van der Waals surface area contributed by atoms with Gasteiger partial charge in [0.15, 0.2) is 0 Å². The minimum atomic E-state index is -3.31. The molecule has 1 amide bonds. The normalized spacial score (nSPS) is 22.0. The third-order valence-corrected chi connectivity index (χ3v) is 6.14. The summed E-state index contributed by atoms with van der Waals surface area (Å²) in [4.78, 5) is 12.2. The maximum Gasteiger partial charge on any atom is 0.238 e. The van der Waals surface area contributed by atoms with Crippen LogP contribution in [0.1, 0.15) is 24.0 Å². The molecule has 21 heavy (non-hydrogen) atoms. The number of nitrogens with zero attached hydrogens (tertiary/aromatic N) is 1. The summed E-state index contributed by atoms with van der Waals surface area (Å²) in [6.07, 6.45) is 1.05. The van der Waals surface area contributed by atoms with Gasteiger partial charge in [0, 0.05) is 18.6 Å². The maximum atomic E-state index is 12.2. The van der Waals surface area contributed by atoms with E-state index >= 15 is 0 Å². The van der Waals surface area contributed by atoms with Crippen LogP contribution in [0.15, 0.2) is 18.2 Å². The predicted molar refractivity (Wildman–Crippen MR) is 82.6 cm³/mol. The summed E-state index contributed by atoms with van der Waals surface area (Å²) in [6, 6.07) is 4.91. The standard InChI is InChI=1S/C14H19ClN2O3S/c1-10-5-3-6-12(15)11(10)9-16-14(18)13-7-4-8-21(19,20)17(13)2/h3,5-6,13H,4,7-9H2,1-2H3,(H,16,18). The first-order valence-corrected chi connectivity index (χ1v) is 8.79. The van der Waals surface area contributed by atoms with E-state index in [-0.39, 0.29) is 11.7 Å². The van der Waals surface area contributed by atoms with Crippen molar-refractivity contribution in [3.05, 3.63) is 34.3 Å². The number of likely N-dealkylation sites (N-methyl/N-ethyl adjacent to an activating group) is 1. The summed E-state index contributed by atoms with van der Waals surface area (Å²) in [7, 11) is -1.85. The number of carbonyl (C=O) groups is 1. The van der Waals surface area contributed by atoms with Crippen molar-refractivity contribution in [2.24, 2.45) is 0 Å². The molecule has 0 aliphatic carbocycles. The van der Waals surface area contributed by atoms with Gasteiger partial charge < -0.3 is 5.32 Å². The van der Waals surface area contributed by atoms with Crippen molar-refractivity contribution < 1.29 is 13.2 Å². The number of benzene rings is 1. The largest absolute Gasteiger partial charge is 0.351 e. The van der Waals surface area contributed by atoms with Crippen LogP contribution in [0.3, 0.4) is 0 Å². The zero-order valence-electron chi connectivity index (χ0n) is 12.1. The molecule has 0 radical (unpaired) electrons. The first-order valence-electron chi connectivity index (χ1n) is 6.80. The number of hydrogen-bond donors (Lipinski definition) is 1. The molecule has 5 nitrogen and oxygen atoms in total. The lowest BCUT2D eigenvalue weighted by Gasteiger charge is -2.30. The molecule has 1 unspecified atom stereocenters. The number of amides is 1. The first kappa shape index (κ1) is 16.3. The lowest BCUT2D eigenvalue weighted by atomic mass is 10.1. The fraction of sp³-hybridized carbons (Fsp3) is 0.500. The third kappa shape index (κ3) is 3.56. The van der Waals surface area contributed by atoms with Gasteiger partial charge in [-0.25, -0.2) is 8.42 Å². The highest BCUT2D eigenvalue weighted by atomic mass is 35.5. The van der Waals surface area contributed by atoms with Crippen molar-refractivity contribution in [2.75, 3.05) is 12.8 Å². The minimum Gasteiger partial charge on any atom is -0.351 e. The third-order valence-electron chi connectivity index (χ3n) is 3.85. The molecule has 2 rings (SSSR count). The number of carbonyl (C=O) groups excluding carboxylic acids is 1. The van der Waals surface area contributed by atoms with Crippen LogP contribution in [0.5, 0.6) is 0 Å². The molecule has 1 saturated heterocycles. The molecule has 116 valence electrons. The quantitative estimate of drug-likeness (QED) is 0.917. The predicted octanol–water partition coefficient (Wildman–Crippen LogP) is 1.69. The molecule has 1 aromatic carbocycles. The molecule has 1 aliphatic rings. The Morgan fingerprint density at radius 3 is 2.86 bits per heavy atom. The molecule has 0 aromatic heterocycles. The summed E-state index contributed by atoms with van der Waals surface area (Å²) < 4.78 is 24.8. The van der Waals surface area contributed by atoms with Gasteiger partial charge in [0.2, 0.25) is 15.9 Å². The van der Waals surface area contributed by atoms with E-state index in [1.165, 1.54) is 11.4 Å². The van der Waals surface area contributed by atoms with Crippen molar-refractivity contribution in [3.8, 4) is 0 Å². The molecule has 1 N–H and O–H groups in total. The molecule has 0 saturated carbocycles. The molecule has 1 heterocycles. The Bertz CT molecular complexity index is 625. The molecule has 1 aliphatic heterocycles. The van der Waals surface area contributed by atoms with Gasteiger partial charge in [-0.15, -0.1) is 0 Å². The maximum absolute atomic E-state index is 12.2. The SMILES string of the molecule is Cc1cccc(Cl)c1CNC(=O)C1CCCS(=O)(=O)N1C. The fourth-order valence-electron chi connectivity index (χ4n) is 2.46. The topological polar surface area (TPSA) is 66.5 Å². The zero-order valence-corrected chi connectivity index (χ0v) is 13.7. The molecule has 0 spiro atoms. The van der Waals surface area contributed by atoms with Crippen molar-refractivity contribution >= 4 is 27.5 Å². The highest BCUT2D eigenvalue weighted by molar-refractivity contribution is 7.89. The number of hydrogen-bond acceptors (Lipinski definition) is 3. The van der Waals surface area contributed by atoms with Crippen molar-refractivity contribution in [3.63, 3.8) is 0 Å². The summed E-state index contributed by atoms with van der Waals surface area (Å²) in [6.45, 7) is 2.22. The lowest BCUT2D eigenvalue weighted by molar-refractivity contribution is -0.125. The van der Waals surface area contributed by atoms with E-state index in [2.05, 4.69) is 5.32 Å². The van der Waals surface area contributed by atoms with Crippen molar-refractivity contribution in [1.29, 1.82) is 0 Å². The van der Waals surface area contributed by atoms with Crippen LogP contribution < -0.4 is 5.32 Å². The summed E-state index contributed by atoms with van der Waals surface area (Å²) in [5.41, 5.74) is 1.85. The Morgan fingerprint density at radius 1 is 1.48 bits per heavy atom. The Hall–Kier alpha value is -1.11. The molecule has 7 heteroatoms. The molecular weight excluding hydrogens is 312 g/mol. The molecule has 0 bridgehead atoms. The molecular formula is C14H19ClN2O3S. The van der Waals surface area contributed by atoms with Crippen LogP contribution >= 0.6 is 11.6 Å². The molecule has 1 atom stereocenters. The second-order valence-electron chi connectivity index (χ2n) is 5.24. The van der Waals surface area contributed by atoms with E-state index in [9.17, 15) is 13.2 Å². The van der Waals surface area contributed by atoms with Gasteiger partial charge in [-0.1, -0.05) is 23.7 Å². The van der Waals surface area contributed by atoms with Crippen LogP contribution in [-0.4, -0.2) is 37.5 Å². The van der Waals surface area contributed by atoms with E-state index in [1.54, 1.807) is 6.07 Å². The second-order valence-corrected chi connectivity index (χ2v) is 7.80. The Kier molecular flexibility index (Phi) is 4.91. The van der Waals surface area contributed by atoms with Gasteiger partial charge in [-0.05, 0) is 37.0 Å². The Morgan fingerprint density at radius 2 is 2.19 bits per heavy atom. The van der Waals surface area contributed by atoms with Gasteiger partial charge in [0.25, 0.3) is 0 Å². The van der Waals surface area contributed by atoms with Gasteiger partial charge >= 0.3 is 0 Å². The summed E-state index contributed by atoms with van der Waals surface area (Å²) in [5.74, 6) is -0.170. The van der Waals surface area contributed by atoms with E-state index < -0.39 is 16.1 Å². The number of sulfonamides is 1. The smallest absolute Gasteiger partial charge is 0.238 e. The molecule has 1 fully saturated rings. The minimum absolute atomic E-state index is 0.108. The van der Waals surface area contributed by atoms with Crippen LogP contribution in [0.25, 0.3) is 0 Å². The van der Waals surface area contributed by atoms with E-state index in [0.29, 0.717) is 24.4 Å². The lowest BCUT2D eigenvalue weighted by Crippen LogP contribution is -2.50. The average Bonchev–Trinajstić information content (AvgIpc) is 2.41. The monoisotopic (exact) mass is 330 g/mol. The van der Waals surface area contributed by atoms with Gasteiger partial charge in [-0.2, -0.15) is 4.31 Å². The highest BCUT2D eigenvalue weighted by Gasteiger charge is 2.35. The number of nitrogens with one attached hydrogen (secondary N) is 1. The summed E-state index contributed by atoms with van der Waals surface area (Å²) >= 11 is 6.12. The van der Waals surface area contributed by atoms with Gasteiger partial charge in [0.1, 0.15) is 6.04 Å². The summed E-state index contributed by atoms with van der Waals surface area (Å²) in [5, 5.41) is 3.39. The van der Waals surface area contributed by atoms with Crippen LogP contribution in [-0.2, 0) is 21.4 Å². The van der Waals surface area contributed by atoms with Gasteiger partial charge in [0.05, 0.1) is 5.75 Å². The fourth-order valence-corrected chi connectivity index (χ4v) is 4.16.